The van der Waals surface area contributed by atoms with E-state index in [4.69, 9.17) is 15.6 Å². The van der Waals surface area contributed by atoms with Crippen LogP contribution in [0.3, 0.4) is 0 Å². The fraction of sp³-hybridized carbons (Fsp3) is 0.308. The fourth-order valence-electron chi connectivity index (χ4n) is 1.81. The summed E-state index contributed by atoms with van der Waals surface area (Å²) in [6.45, 7) is 0.219. The van der Waals surface area contributed by atoms with Crippen molar-refractivity contribution in [3.63, 3.8) is 0 Å². The van der Waals surface area contributed by atoms with Crippen molar-refractivity contribution in [2.45, 2.75) is 0 Å². The zero-order valence-corrected chi connectivity index (χ0v) is 11.7. The molecule has 0 aliphatic heterocycles. The lowest BCUT2D eigenvalue weighted by molar-refractivity contribution is 0.0772. The number of nitrogens with two attached hydrogens (primary N) is 1. The van der Waals surface area contributed by atoms with Crippen LogP contribution < -0.4 is 10.5 Å². The first kappa shape index (κ1) is 13.6. The minimum absolute atomic E-state index is 0.0686. The van der Waals surface area contributed by atoms with E-state index in [1.54, 1.807) is 14.2 Å². The number of likely N-dealkylation sites (N-methyl/N-ethyl adjacent to an activating group) is 1. The highest BCUT2D eigenvalue weighted by molar-refractivity contribution is 7.21. The average molecular weight is 280 g/mol. The van der Waals surface area contributed by atoms with Gasteiger partial charge in [-0.15, -0.1) is 11.3 Å². The largest absolute Gasteiger partial charge is 0.497 e. The van der Waals surface area contributed by atoms with E-state index in [2.05, 4.69) is 0 Å². The number of nitrogen functional groups attached to an aromatic ring is 1. The Kier molecular flexibility index (Phi) is 3.92. The van der Waals surface area contributed by atoms with Crippen molar-refractivity contribution >= 4 is 33.0 Å². The monoisotopic (exact) mass is 280 g/mol. The van der Waals surface area contributed by atoms with Gasteiger partial charge in [-0.1, -0.05) is 0 Å². The number of hydrogen-bond acceptors (Lipinski definition) is 5. The van der Waals surface area contributed by atoms with E-state index in [1.807, 2.05) is 18.2 Å². The van der Waals surface area contributed by atoms with Crippen LogP contribution in [0, 0.1) is 0 Å². The summed E-state index contributed by atoms with van der Waals surface area (Å²) in [5, 5.41) is 9.72. The molecular formula is C13H16N2O3S. The van der Waals surface area contributed by atoms with Gasteiger partial charge in [0.15, 0.2) is 0 Å². The summed E-state index contributed by atoms with van der Waals surface area (Å²) in [6.07, 6.45) is 0. The molecule has 3 N–H and O–H groups in total. The molecule has 102 valence electrons. The van der Waals surface area contributed by atoms with Crippen LogP contribution in [0.4, 0.5) is 5.69 Å². The number of methoxy groups -OCH3 is 1. The number of aliphatic hydroxyl groups excluding tert-OH is 1. The van der Waals surface area contributed by atoms with E-state index in [9.17, 15) is 4.79 Å². The third-order valence-corrected chi connectivity index (χ3v) is 4.07. The number of ether oxygens (including phenoxy) is 1. The predicted molar refractivity (Wildman–Crippen MR) is 76.8 cm³/mol. The first-order valence-corrected chi connectivity index (χ1v) is 6.62. The standard InChI is InChI=1S/C13H16N2O3S/c1-15(5-6-16)13(17)12-11(14)9-4-3-8(18-2)7-10(9)19-12/h3-4,7,16H,5-6,14H2,1-2H3. The van der Waals surface area contributed by atoms with Crippen molar-refractivity contribution < 1.29 is 14.6 Å². The van der Waals surface area contributed by atoms with Crippen molar-refractivity contribution in [1.82, 2.24) is 4.90 Å². The summed E-state index contributed by atoms with van der Waals surface area (Å²) < 4.78 is 6.07. The molecule has 0 saturated heterocycles. The summed E-state index contributed by atoms with van der Waals surface area (Å²) in [7, 11) is 3.24. The quantitative estimate of drug-likeness (QED) is 0.891. The van der Waals surface area contributed by atoms with Crippen LogP contribution in [-0.2, 0) is 0 Å². The van der Waals surface area contributed by atoms with Gasteiger partial charge in [0.1, 0.15) is 10.6 Å². The van der Waals surface area contributed by atoms with E-state index in [-0.39, 0.29) is 19.1 Å². The number of nitrogens with zero attached hydrogens (tertiary/aromatic N) is 1. The van der Waals surface area contributed by atoms with Gasteiger partial charge in [0.25, 0.3) is 5.91 Å². The van der Waals surface area contributed by atoms with Crippen LogP contribution in [0.2, 0.25) is 0 Å². The van der Waals surface area contributed by atoms with Crippen LogP contribution in [0.15, 0.2) is 18.2 Å². The maximum absolute atomic E-state index is 12.2. The van der Waals surface area contributed by atoms with Gasteiger partial charge in [-0.3, -0.25) is 4.79 Å². The molecule has 1 heterocycles. The molecule has 1 aromatic carbocycles. The third-order valence-electron chi connectivity index (χ3n) is 2.91. The van der Waals surface area contributed by atoms with Crippen LogP contribution in [0.5, 0.6) is 5.75 Å². The average Bonchev–Trinajstić information content (AvgIpc) is 2.74. The first-order valence-electron chi connectivity index (χ1n) is 5.80. The molecule has 6 heteroatoms. The van der Waals surface area contributed by atoms with Crippen LogP contribution >= 0.6 is 11.3 Å². The molecule has 0 radical (unpaired) electrons. The second kappa shape index (κ2) is 5.46. The maximum Gasteiger partial charge on any atom is 0.265 e. The van der Waals surface area contributed by atoms with Gasteiger partial charge in [-0.2, -0.15) is 0 Å². The Balaban J connectivity index is 2.44. The minimum Gasteiger partial charge on any atom is -0.497 e. The Labute approximate surface area is 115 Å². The molecular weight excluding hydrogens is 264 g/mol. The van der Waals surface area contributed by atoms with Crippen molar-refractivity contribution in [3.05, 3.63) is 23.1 Å². The van der Waals surface area contributed by atoms with Gasteiger partial charge >= 0.3 is 0 Å². The summed E-state index contributed by atoms with van der Waals surface area (Å²) in [6, 6.07) is 5.53. The molecule has 19 heavy (non-hydrogen) atoms. The highest BCUT2D eigenvalue weighted by atomic mass is 32.1. The summed E-state index contributed by atoms with van der Waals surface area (Å²) in [4.78, 5) is 14.1. The lowest BCUT2D eigenvalue weighted by Crippen LogP contribution is -2.29. The number of carbonyl (C=O) groups is 1. The lowest BCUT2D eigenvalue weighted by Gasteiger charge is -2.14. The SMILES string of the molecule is COc1ccc2c(N)c(C(=O)N(C)CCO)sc2c1. The fourth-order valence-corrected chi connectivity index (χ4v) is 2.95. The second-order valence-electron chi connectivity index (χ2n) is 4.16. The molecule has 0 atom stereocenters. The zero-order valence-electron chi connectivity index (χ0n) is 10.8. The first-order chi connectivity index (χ1) is 9.08. The highest BCUT2D eigenvalue weighted by Crippen LogP contribution is 2.36. The smallest absolute Gasteiger partial charge is 0.265 e. The molecule has 0 saturated carbocycles. The van der Waals surface area contributed by atoms with Crippen molar-refractivity contribution in [2.24, 2.45) is 0 Å². The Morgan fingerprint density at radius 3 is 2.89 bits per heavy atom. The lowest BCUT2D eigenvalue weighted by atomic mass is 10.2. The number of aliphatic hydroxyl groups is 1. The summed E-state index contributed by atoms with van der Waals surface area (Å²) >= 11 is 1.34. The molecule has 0 bridgehead atoms. The Morgan fingerprint density at radius 2 is 2.26 bits per heavy atom. The summed E-state index contributed by atoms with van der Waals surface area (Å²) in [5.74, 6) is 0.558. The number of anilines is 1. The molecule has 1 aromatic heterocycles. The number of carbonyl (C=O) groups excluding carboxylic acids is 1. The number of hydrogen-bond donors (Lipinski definition) is 2. The minimum atomic E-state index is -0.174. The summed E-state index contributed by atoms with van der Waals surface area (Å²) in [5.41, 5.74) is 6.51. The molecule has 1 amide bonds. The number of thiophene rings is 1. The van der Waals surface area contributed by atoms with Crippen LogP contribution in [-0.4, -0.2) is 43.2 Å². The molecule has 5 nitrogen and oxygen atoms in total. The molecule has 0 unspecified atom stereocenters. The van der Waals surface area contributed by atoms with Gasteiger partial charge in [-0.25, -0.2) is 0 Å². The molecule has 0 aliphatic rings. The van der Waals surface area contributed by atoms with Gasteiger partial charge in [0.05, 0.1) is 19.4 Å². The molecule has 0 spiro atoms. The van der Waals surface area contributed by atoms with Crippen molar-refractivity contribution in [3.8, 4) is 5.75 Å². The van der Waals surface area contributed by atoms with E-state index >= 15 is 0 Å². The third kappa shape index (κ3) is 2.50. The maximum atomic E-state index is 12.2. The predicted octanol–water partition coefficient (Wildman–Crippen LogP) is 1.56. The van der Waals surface area contributed by atoms with Crippen LogP contribution in [0.1, 0.15) is 9.67 Å². The van der Waals surface area contributed by atoms with Gasteiger partial charge in [0, 0.05) is 23.7 Å². The normalized spacial score (nSPS) is 10.7. The number of fused-ring (bicyclic) bond motifs is 1. The zero-order chi connectivity index (χ0) is 14.0. The molecule has 2 rings (SSSR count). The second-order valence-corrected chi connectivity index (χ2v) is 5.21. The van der Waals surface area contributed by atoms with E-state index in [0.29, 0.717) is 10.6 Å². The molecule has 0 fully saturated rings. The van der Waals surface area contributed by atoms with Crippen LogP contribution in [0.25, 0.3) is 10.1 Å². The van der Waals surface area contributed by atoms with Crippen molar-refractivity contribution in [2.75, 3.05) is 33.0 Å². The Bertz CT molecular complexity index is 609. The molecule has 2 aromatic rings. The Hall–Kier alpha value is -1.79. The Morgan fingerprint density at radius 1 is 1.53 bits per heavy atom. The van der Waals surface area contributed by atoms with E-state index in [0.717, 1.165) is 15.8 Å². The van der Waals surface area contributed by atoms with E-state index in [1.165, 1.54) is 16.2 Å². The number of amides is 1. The van der Waals surface area contributed by atoms with Gasteiger partial charge < -0.3 is 20.5 Å². The highest BCUT2D eigenvalue weighted by Gasteiger charge is 2.19. The van der Waals surface area contributed by atoms with E-state index < -0.39 is 0 Å². The van der Waals surface area contributed by atoms with Gasteiger partial charge in [-0.05, 0) is 18.2 Å². The van der Waals surface area contributed by atoms with Gasteiger partial charge in [0.2, 0.25) is 0 Å². The number of rotatable bonds is 4. The topological polar surface area (TPSA) is 75.8 Å². The van der Waals surface area contributed by atoms with Crippen molar-refractivity contribution in [1.29, 1.82) is 0 Å². The number of benzene rings is 1. The molecule has 0 aliphatic carbocycles.